The number of hydrogen-bond donors (Lipinski definition) is 2. The molecule has 0 bridgehead atoms. The first-order valence-corrected chi connectivity index (χ1v) is 6.56. The SMILES string of the molecule is CCn1nc(C)c(N)c1C(=O)NCc1cccc(C)n1. The predicted octanol–water partition coefficient (Wildman–Crippen LogP) is 1.43. The zero-order valence-corrected chi connectivity index (χ0v) is 12.0. The van der Waals surface area contributed by atoms with Crippen molar-refractivity contribution in [3.8, 4) is 0 Å². The van der Waals surface area contributed by atoms with Crippen molar-refractivity contribution in [2.45, 2.75) is 33.9 Å². The minimum Gasteiger partial charge on any atom is -0.395 e. The quantitative estimate of drug-likeness (QED) is 0.882. The topological polar surface area (TPSA) is 85.8 Å². The minimum absolute atomic E-state index is 0.228. The number of amides is 1. The van der Waals surface area contributed by atoms with Crippen LogP contribution in [0.15, 0.2) is 18.2 Å². The number of nitrogens with two attached hydrogens (primary N) is 1. The van der Waals surface area contributed by atoms with Crippen LogP contribution in [-0.4, -0.2) is 20.7 Å². The smallest absolute Gasteiger partial charge is 0.272 e. The molecule has 2 aromatic heterocycles. The van der Waals surface area contributed by atoms with Crippen LogP contribution < -0.4 is 11.1 Å². The summed E-state index contributed by atoms with van der Waals surface area (Å²) in [5.41, 5.74) is 9.17. The van der Waals surface area contributed by atoms with Gasteiger partial charge >= 0.3 is 0 Å². The Morgan fingerprint density at radius 3 is 2.80 bits per heavy atom. The molecule has 3 N–H and O–H groups in total. The fourth-order valence-corrected chi connectivity index (χ4v) is 2.02. The Kier molecular flexibility index (Phi) is 4.02. The van der Waals surface area contributed by atoms with E-state index in [9.17, 15) is 4.79 Å². The van der Waals surface area contributed by atoms with Crippen molar-refractivity contribution in [1.82, 2.24) is 20.1 Å². The lowest BCUT2D eigenvalue weighted by molar-refractivity contribution is 0.0940. The van der Waals surface area contributed by atoms with Gasteiger partial charge in [0.1, 0.15) is 5.69 Å². The van der Waals surface area contributed by atoms with E-state index in [0.29, 0.717) is 30.2 Å². The summed E-state index contributed by atoms with van der Waals surface area (Å²) in [6, 6.07) is 5.70. The summed E-state index contributed by atoms with van der Waals surface area (Å²) in [6.07, 6.45) is 0. The van der Waals surface area contributed by atoms with Crippen LogP contribution in [0.4, 0.5) is 5.69 Å². The number of nitrogen functional groups attached to an aromatic ring is 1. The van der Waals surface area contributed by atoms with Gasteiger partial charge < -0.3 is 11.1 Å². The second-order valence-electron chi connectivity index (χ2n) is 4.62. The van der Waals surface area contributed by atoms with Crippen LogP contribution in [-0.2, 0) is 13.1 Å². The molecule has 0 radical (unpaired) electrons. The molecule has 20 heavy (non-hydrogen) atoms. The number of carbonyl (C=O) groups excluding carboxylic acids is 1. The highest BCUT2D eigenvalue weighted by atomic mass is 16.2. The van der Waals surface area contributed by atoms with E-state index < -0.39 is 0 Å². The fraction of sp³-hybridized carbons (Fsp3) is 0.357. The van der Waals surface area contributed by atoms with Crippen LogP contribution in [0.1, 0.15) is 34.5 Å². The van der Waals surface area contributed by atoms with Gasteiger partial charge in [-0.1, -0.05) is 6.07 Å². The third-order valence-corrected chi connectivity index (χ3v) is 3.06. The van der Waals surface area contributed by atoms with Crippen molar-refractivity contribution in [1.29, 1.82) is 0 Å². The molecule has 0 aliphatic carbocycles. The van der Waals surface area contributed by atoms with Gasteiger partial charge in [0.2, 0.25) is 0 Å². The van der Waals surface area contributed by atoms with Gasteiger partial charge in [0, 0.05) is 12.2 Å². The van der Waals surface area contributed by atoms with Crippen molar-refractivity contribution in [3.63, 3.8) is 0 Å². The Labute approximate surface area is 118 Å². The van der Waals surface area contributed by atoms with Gasteiger partial charge in [-0.2, -0.15) is 5.10 Å². The van der Waals surface area contributed by atoms with Crippen molar-refractivity contribution < 1.29 is 4.79 Å². The molecule has 1 amide bonds. The molecule has 6 nitrogen and oxygen atoms in total. The molecule has 0 aliphatic rings. The minimum atomic E-state index is -0.228. The molecule has 2 rings (SSSR count). The Morgan fingerprint density at radius 1 is 1.40 bits per heavy atom. The van der Waals surface area contributed by atoms with E-state index in [2.05, 4.69) is 15.4 Å². The van der Waals surface area contributed by atoms with E-state index in [1.807, 2.05) is 32.0 Å². The van der Waals surface area contributed by atoms with Gasteiger partial charge in [-0.05, 0) is 32.9 Å². The first-order chi connectivity index (χ1) is 9.52. The van der Waals surface area contributed by atoms with E-state index in [1.54, 1.807) is 11.6 Å². The van der Waals surface area contributed by atoms with Crippen molar-refractivity contribution >= 4 is 11.6 Å². The molecule has 2 heterocycles. The van der Waals surface area contributed by atoms with E-state index in [-0.39, 0.29) is 5.91 Å². The second kappa shape index (κ2) is 5.73. The molecular weight excluding hydrogens is 254 g/mol. The van der Waals surface area contributed by atoms with Crippen LogP contribution in [0.2, 0.25) is 0 Å². The Bertz CT molecular complexity index is 632. The number of carbonyl (C=O) groups is 1. The number of nitrogens with zero attached hydrogens (tertiary/aromatic N) is 3. The average Bonchev–Trinajstić information content (AvgIpc) is 2.72. The summed E-state index contributed by atoms with van der Waals surface area (Å²) in [4.78, 5) is 16.6. The third-order valence-electron chi connectivity index (χ3n) is 3.06. The second-order valence-corrected chi connectivity index (χ2v) is 4.62. The van der Waals surface area contributed by atoms with Crippen LogP contribution in [0.5, 0.6) is 0 Å². The van der Waals surface area contributed by atoms with Gasteiger partial charge in [-0.25, -0.2) is 0 Å². The number of pyridine rings is 1. The average molecular weight is 273 g/mol. The first kappa shape index (κ1) is 14.0. The van der Waals surface area contributed by atoms with Gasteiger partial charge in [0.25, 0.3) is 5.91 Å². The number of hydrogen-bond acceptors (Lipinski definition) is 4. The Hall–Kier alpha value is -2.37. The van der Waals surface area contributed by atoms with E-state index >= 15 is 0 Å². The molecule has 0 unspecified atom stereocenters. The first-order valence-electron chi connectivity index (χ1n) is 6.56. The summed E-state index contributed by atoms with van der Waals surface area (Å²) >= 11 is 0. The molecule has 2 aromatic rings. The zero-order valence-electron chi connectivity index (χ0n) is 12.0. The van der Waals surface area contributed by atoms with Crippen molar-refractivity contribution in [3.05, 3.63) is 41.0 Å². The summed E-state index contributed by atoms with van der Waals surface area (Å²) in [6.45, 7) is 6.60. The molecule has 0 aromatic carbocycles. The standard InChI is InChI=1S/C14H19N5O/c1-4-19-13(12(15)10(3)18-19)14(20)16-8-11-7-5-6-9(2)17-11/h5-7H,4,8,15H2,1-3H3,(H,16,20). The van der Waals surface area contributed by atoms with Crippen molar-refractivity contribution in [2.24, 2.45) is 0 Å². The monoisotopic (exact) mass is 273 g/mol. The van der Waals surface area contributed by atoms with Crippen LogP contribution >= 0.6 is 0 Å². The molecule has 106 valence electrons. The summed E-state index contributed by atoms with van der Waals surface area (Å²) in [5.74, 6) is -0.228. The molecule has 0 fully saturated rings. The number of nitrogens with one attached hydrogen (secondary N) is 1. The van der Waals surface area contributed by atoms with E-state index in [1.165, 1.54) is 0 Å². The Morgan fingerprint density at radius 2 is 2.15 bits per heavy atom. The summed E-state index contributed by atoms with van der Waals surface area (Å²) in [7, 11) is 0. The maximum Gasteiger partial charge on any atom is 0.272 e. The summed E-state index contributed by atoms with van der Waals surface area (Å²) in [5, 5.41) is 7.06. The summed E-state index contributed by atoms with van der Waals surface area (Å²) < 4.78 is 1.61. The normalized spacial score (nSPS) is 10.6. The third kappa shape index (κ3) is 2.79. The lowest BCUT2D eigenvalue weighted by Crippen LogP contribution is -2.27. The lowest BCUT2D eigenvalue weighted by atomic mass is 10.2. The fourth-order valence-electron chi connectivity index (χ4n) is 2.02. The highest BCUT2D eigenvalue weighted by Crippen LogP contribution is 2.16. The highest BCUT2D eigenvalue weighted by molar-refractivity contribution is 5.97. The van der Waals surface area contributed by atoms with Crippen LogP contribution in [0.25, 0.3) is 0 Å². The Balaban J connectivity index is 2.13. The molecule has 0 saturated carbocycles. The molecule has 0 spiro atoms. The van der Waals surface area contributed by atoms with E-state index in [4.69, 9.17) is 5.73 Å². The molecule has 0 saturated heterocycles. The lowest BCUT2D eigenvalue weighted by Gasteiger charge is -2.07. The van der Waals surface area contributed by atoms with Gasteiger partial charge in [-0.3, -0.25) is 14.5 Å². The number of rotatable bonds is 4. The number of aromatic nitrogens is 3. The van der Waals surface area contributed by atoms with Gasteiger partial charge in [0.05, 0.1) is 23.6 Å². The van der Waals surface area contributed by atoms with Crippen molar-refractivity contribution in [2.75, 3.05) is 5.73 Å². The maximum atomic E-state index is 12.2. The van der Waals surface area contributed by atoms with Crippen LogP contribution in [0.3, 0.4) is 0 Å². The zero-order chi connectivity index (χ0) is 14.7. The molecule has 6 heteroatoms. The number of anilines is 1. The van der Waals surface area contributed by atoms with Gasteiger partial charge in [-0.15, -0.1) is 0 Å². The molecule has 0 atom stereocenters. The highest BCUT2D eigenvalue weighted by Gasteiger charge is 2.18. The number of aryl methyl sites for hydroxylation is 3. The van der Waals surface area contributed by atoms with E-state index in [0.717, 1.165) is 11.4 Å². The molecule has 0 aliphatic heterocycles. The molecular formula is C14H19N5O. The van der Waals surface area contributed by atoms with Crippen LogP contribution in [0, 0.1) is 13.8 Å². The largest absolute Gasteiger partial charge is 0.395 e. The van der Waals surface area contributed by atoms with Gasteiger partial charge in [0.15, 0.2) is 0 Å². The predicted molar refractivity (Wildman–Crippen MR) is 77.2 cm³/mol. The maximum absolute atomic E-state index is 12.2.